The molecule has 1 saturated heterocycles. The summed E-state index contributed by atoms with van der Waals surface area (Å²) in [4.78, 5) is 18.2. The van der Waals surface area contributed by atoms with Crippen molar-refractivity contribution in [3.05, 3.63) is 18.2 Å². The van der Waals surface area contributed by atoms with Crippen LogP contribution in [0.15, 0.2) is 23.2 Å². The number of pyridine rings is 1. The lowest BCUT2D eigenvalue weighted by Gasteiger charge is -2.33. The highest BCUT2D eigenvalue weighted by Gasteiger charge is 2.42. The van der Waals surface area contributed by atoms with E-state index >= 15 is 0 Å². The van der Waals surface area contributed by atoms with Crippen molar-refractivity contribution in [1.29, 1.82) is 0 Å². The van der Waals surface area contributed by atoms with Crippen LogP contribution in [-0.2, 0) is 14.8 Å². The summed E-state index contributed by atoms with van der Waals surface area (Å²) < 4.78 is 33.8. The number of nitrogens with two attached hydrogens (primary N) is 1. The highest BCUT2D eigenvalue weighted by molar-refractivity contribution is 7.89. The number of hydrogen-bond donors (Lipinski definition) is 1. The number of amides is 1. The summed E-state index contributed by atoms with van der Waals surface area (Å²) in [5, 5.41) is 4.86. The second-order valence-corrected chi connectivity index (χ2v) is 10.3. The van der Waals surface area contributed by atoms with Gasteiger partial charge in [0, 0.05) is 18.2 Å². The van der Waals surface area contributed by atoms with Gasteiger partial charge in [0.25, 0.3) is 10.0 Å². The molecule has 1 aromatic rings. The van der Waals surface area contributed by atoms with Crippen molar-refractivity contribution < 1.29 is 22.7 Å². The molecule has 0 radical (unpaired) electrons. The van der Waals surface area contributed by atoms with Gasteiger partial charge in [-0.3, -0.25) is 0 Å². The van der Waals surface area contributed by atoms with Crippen LogP contribution in [0.4, 0.5) is 4.79 Å². The monoisotopic (exact) mass is 413 g/mol. The van der Waals surface area contributed by atoms with Crippen LogP contribution in [0.1, 0.15) is 53.9 Å². The van der Waals surface area contributed by atoms with Crippen LogP contribution in [0.2, 0.25) is 0 Å². The van der Waals surface area contributed by atoms with Gasteiger partial charge >= 0.3 is 6.09 Å². The minimum atomic E-state index is -3.85. The van der Waals surface area contributed by atoms with Gasteiger partial charge in [-0.05, 0) is 65.9 Å². The number of rotatable bonds is 6. The van der Waals surface area contributed by atoms with E-state index in [0.717, 1.165) is 19.3 Å². The second kappa shape index (κ2) is 8.24. The average molecular weight is 414 g/mol. The maximum absolute atomic E-state index is 12.5. The summed E-state index contributed by atoms with van der Waals surface area (Å²) in [7, 11) is -3.85. The Morgan fingerprint density at radius 1 is 1.36 bits per heavy atom. The number of aromatic nitrogens is 1. The number of primary sulfonamides is 1. The summed E-state index contributed by atoms with van der Waals surface area (Å²) >= 11 is 0. The molecule has 8 nitrogen and oxygen atoms in total. The van der Waals surface area contributed by atoms with Crippen LogP contribution in [0.25, 0.3) is 0 Å². The van der Waals surface area contributed by atoms with Crippen LogP contribution in [0.5, 0.6) is 5.88 Å². The van der Waals surface area contributed by atoms with Crippen molar-refractivity contribution in [3.63, 3.8) is 0 Å². The van der Waals surface area contributed by atoms with E-state index in [-0.39, 0.29) is 22.5 Å². The summed E-state index contributed by atoms with van der Waals surface area (Å²) in [5.41, 5.74) is -0.767. The molecule has 0 bridgehead atoms. The van der Waals surface area contributed by atoms with Gasteiger partial charge in [0.15, 0.2) is 5.03 Å². The molecule has 1 aliphatic rings. The van der Waals surface area contributed by atoms with Gasteiger partial charge in [-0.15, -0.1) is 0 Å². The quantitative estimate of drug-likeness (QED) is 0.718. The lowest BCUT2D eigenvalue weighted by atomic mass is 9.93. The first-order valence-electron chi connectivity index (χ1n) is 9.41. The minimum Gasteiger partial charge on any atom is -0.478 e. The SMILES string of the molecule is CC(C)(C)OC(=O)N1CC(CCCOc2cccc(S(N)(=O)=O)n2)CC1(C)C. The van der Waals surface area contributed by atoms with Crippen molar-refractivity contribution >= 4 is 16.1 Å². The maximum Gasteiger partial charge on any atom is 0.410 e. The van der Waals surface area contributed by atoms with Crippen molar-refractivity contribution in [2.24, 2.45) is 11.1 Å². The van der Waals surface area contributed by atoms with Crippen LogP contribution in [0, 0.1) is 5.92 Å². The van der Waals surface area contributed by atoms with Crippen LogP contribution in [0.3, 0.4) is 0 Å². The van der Waals surface area contributed by atoms with E-state index < -0.39 is 15.6 Å². The highest BCUT2D eigenvalue weighted by Crippen LogP contribution is 2.36. The molecule has 1 fully saturated rings. The third kappa shape index (κ3) is 6.34. The highest BCUT2D eigenvalue weighted by atomic mass is 32.2. The lowest BCUT2D eigenvalue weighted by Crippen LogP contribution is -2.45. The van der Waals surface area contributed by atoms with Gasteiger partial charge in [0.05, 0.1) is 6.61 Å². The smallest absolute Gasteiger partial charge is 0.410 e. The fraction of sp³-hybridized carbons (Fsp3) is 0.684. The third-order valence-electron chi connectivity index (χ3n) is 4.57. The normalized spacial score (nSPS) is 19.5. The fourth-order valence-corrected chi connectivity index (χ4v) is 3.89. The molecule has 0 aromatic carbocycles. The van der Waals surface area contributed by atoms with Gasteiger partial charge in [-0.1, -0.05) is 6.07 Å². The average Bonchev–Trinajstić information content (AvgIpc) is 2.84. The maximum atomic E-state index is 12.5. The molecule has 28 heavy (non-hydrogen) atoms. The minimum absolute atomic E-state index is 0.212. The van der Waals surface area contributed by atoms with Crippen LogP contribution < -0.4 is 9.88 Å². The molecule has 1 amide bonds. The topological polar surface area (TPSA) is 112 Å². The van der Waals surface area contributed by atoms with Gasteiger partial charge in [0.1, 0.15) is 5.60 Å². The predicted octanol–water partition coefficient (Wildman–Crippen LogP) is 2.92. The van der Waals surface area contributed by atoms with E-state index in [9.17, 15) is 13.2 Å². The van der Waals surface area contributed by atoms with E-state index in [0.29, 0.717) is 19.1 Å². The number of carbonyl (C=O) groups excluding carboxylic acids is 1. The first kappa shape index (κ1) is 22.4. The fourth-order valence-electron chi connectivity index (χ4n) is 3.40. The molecule has 9 heteroatoms. The number of likely N-dealkylation sites (tertiary alicyclic amines) is 1. The number of carbonyl (C=O) groups is 1. The molecule has 0 aliphatic carbocycles. The number of ether oxygens (including phenoxy) is 2. The molecule has 1 unspecified atom stereocenters. The largest absolute Gasteiger partial charge is 0.478 e. The van der Waals surface area contributed by atoms with Crippen molar-refractivity contribution in [3.8, 4) is 5.88 Å². The molecule has 0 spiro atoms. The van der Waals surface area contributed by atoms with Crippen LogP contribution >= 0.6 is 0 Å². The summed E-state index contributed by atoms with van der Waals surface area (Å²) in [6.45, 7) is 10.8. The molecule has 2 heterocycles. The van der Waals surface area contributed by atoms with Crippen LogP contribution in [-0.4, -0.2) is 48.7 Å². The molecule has 0 saturated carbocycles. The Kier molecular flexibility index (Phi) is 6.60. The van der Waals surface area contributed by atoms with E-state index in [4.69, 9.17) is 14.6 Å². The number of hydrogen-bond acceptors (Lipinski definition) is 6. The predicted molar refractivity (Wildman–Crippen MR) is 105 cm³/mol. The summed E-state index contributed by atoms with van der Waals surface area (Å²) in [5.74, 6) is 0.587. The lowest BCUT2D eigenvalue weighted by molar-refractivity contribution is 0.0131. The number of sulfonamides is 1. The standard InChI is InChI=1S/C19H31N3O5S/c1-18(2,3)27-17(23)22-13-14(12-19(22,4)5)8-7-11-26-15-9-6-10-16(21-15)28(20,24)25/h6,9-10,14H,7-8,11-13H2,1-5H3,(H2,20,24,25). The first-order valence-corrected chi connectivity index (χ1v) is 11.0. The molecular formula is C19H31N3O5S. The molecule has 2 N–H and O–H groups in total. The molecular weight excluding hydrogens is 382 g/mol. The van der Waals surface area contributed by atoms with Crippen molar-refractivity contribution in [2.75, 3.05) is 13.2 Å². The van der Waals surface area contributed by atoms with Crippen molar-refractivity contribution in [1.82, 2.24) is 9.88 Å². The van der Waals surface area contributed by atoms with E-state index in [1.165, 1.54) is 6.07 Å². The number of nitrogens with zero attached hydrogens (tertiary/aromatic N) is 2. The summed E-state index contributed by atoms with van der Waals surface area (Å²) in [6.07, 6.45) is 2.27. The second-order valence-electron chi connectivity index (χ2n) is 8.82. The molecule has 1 atom stereocenters. The zero-order valence-electron chi connectivity index (χ0n) is 17.3. The first-order chi connectivity index (χ1) is 12.8. The Morgan fingerprint density at radius 3 is 2.64 bits per heavy atom. The molecule has 2 rings (SSSR count). The van der Waals surface area contributed by atoms with Gasteiger partial charge in [0.2, 0.25) is 5.88 Å². The molecule has 1 aliphatic heterocycles. The zero-order chi connectivity index (χ0) is 21.2. The Morgan fingerprint density at radius 2 is 2.04 bits per heavy atom. The summed E-state index contributed by atoms with van der Waals surface area (Å²) in [6, 6.07) is 4.46. The Balaban J connectivity index is 1.83. The van der Waals surface area contributed by atoms with Gasteiger partial charge in [-0.2, -0.15) is 0 Å². The van der Waals surface area contributed by atoms with E-state index in [2.05, 4.69) is 18.8 Å². The van der Waals surface area contributed by atoms with Gasteiger partial charge < -0.3 is 14.4 Å². The Bertz CT molecular complexity index is 802. The third-order valence-corrected chi connectivity index (χ3v) is 5.38. The van der Waals surface area contributed by atoms with Crippen molar-refractivity contribution in [2.45, 2.75) is 70.0 Å². The Labute approximate surface area is 167 Å². The van der Waals surface area contributed by atoms with E-state index in [1.54, 1.807) is 17.0 Å². The Hall–Kier alpha value is -1.87. The molecule has 1 aromatic heterocycles. The molecule has 158 valence electrons. The zero-order valence-corrected chi connectivity index (χ0v) is 18.1. The van der Waals surface area contributed by atoms with Gasteiger partial charge in [-0.25, -0.2) is 23.3 Å². The van der Waals surface area contributed by atoms with E-state index in [1.807, 2.05) is 20.8 Å².